The molecule has 0 saturated carbocycles. The molecule has 3 aromatic rings. The molecule has 214 valence electrons. The third-order valence-corrected chi connectivity index (χ3v) is 8.31. The molecule has 0 fully saturated rings. The Hall–Kier alpha value is -3.76. The van der Waals surface area contributed by atoms with Gasteiger partial charge in [-0.25, -0.2) is 13.2 Å². The second-order valence-corrected chi connectivity index (χ2v) is 11.6. The smallest absolute Gasteiger partial charge is 0.338 e. The maximum absolute atomic E-state index is 13.4. The average Bonchev–Trinajstić information content (AvgIpc) is 2.92. The Morgan fingerprint density at radius 1 is 0.950 bits per heavy atom. The van der Waals surface area contributed by atoms with Crippen molar-refractivity contribution in [1.82, 2.24) is 0 Å². The van der Waals surface area contributed by atoms with Crippen LogP contribution in [-0.2, 0) is 19.6 Å². The number of carbonyl (C=O) groups is 2. The Bertz CT molecular complexity index is 1500. The van der Waals surface area contributed by atoms with Crippen LogP contribution in [0.4, 0.5) is 11.4 Å². The minimum Gasteiger partial charge on any atom is -0.495 e. The summed E-state index contributed by atoms with van der Waals surface area (Å²) in [7, 11) is 0.0910. The van der Waals surface area contributed by atoms with Gasteiger partial charge in [-0.05, 0) is 62.6 Å². The van der Waals surface area contributed by atoms with Crippen LogP contribution >= 0.6 is 11.6 Å². The first kappa shape index (κ1) is 30.8. The van der Waals surface area contributed by atoms with Crippen molar-refractivity contribution in [2.45, 2.75) is 38.5 Å². The number of benzene rings is 3. The summed E-state index contributed by atoms with van der Waals surface area (Å²) < 4.78 is 43.6. The quantitative estimate of drug-likeness (QED) is 0.226. The molecule has 9 nitrogen and oxygen atoms in total. The number of nitrogens with zero attached hydrogens (tertiary/aromatic N) is 1. The number of sulfonamides is 1. The molecule has 11 heteroatoms. The van der Waals surface area contributed by atoms with E-state index in [9.17, 15) is 18.0 Å². The number of esters is 1. The second-order valence-electron chi connectivity index (χ2n) is 9.22. The van der Waals surface area contributed by atoms with Crippen LogP contribution in [0, 0.1) is 20.8 Å². The lowest BCUT2D eigenvalue weighted by Crippen LogP contribution is -2.27. The van der Waals surface area contributed by atoms with E-state index in [1.807, 2.05) is 32.9 Å². The maximum Gasteiger partial charge on any atom is 0.338 e. The molecular weight excluding hydrogens is 556 g/mol. The lowest BCUT2D eigenvalue weighted by atomic mass is 10.0. The van der Waals surface area contributed by atoms with Gasteiger partial charge in [-0.3, -0.25) is 9.10 Å². The van der Waals surface area contributed by atoms with Crippen molar-refractivity contribution in [2.75, 3.05) is 37.5 Å². The molecule has 0 atom stereocenters. The van der Waals surface area contributed by atoms with Crippen molar-refractivity contribution in [3.63, 3.8) is 0 Å². The van der Waals surface area contributed by atoms with E-state index in [4.69, 9.17) is 25.8 Å². The van der Waals surface area contributed by atoms with Gasteiger partial charge in [0.25, 0.3) is 10.0 Å². The predicted octanol–water partition coefficient (Wildman–Crippen LogP) is 5.68. The SMILES string of the molecule is COc1cc(OC)c(N(C)S(=O)(=O)c2cccc(C(=O)OCCCC(=O)Nc3c(C)cc(C)cc3C)c2)cc1Cl. The van der Waals surface area contributed by atoms with Crippen LogP contribution in [-0.4, -0.2) is 48.2 Å². The Kier molecular flexibility index (Phi) is 10.1. The Labute approximate surface area is 240 Å². The highest BCUT2D eigenvalue weighted by Gasteiger charge is 2.26. The number of hydrogen-bond donors (Lipinski definition) is 1. The van der Waals surface area contributed by atoms with Crippen LogP contribution in [0.5, 0.6) is 11.5 Å². The van der Waals surface area contributed by atoms with E-state index in [0.717, 1.165) is 26.7 Å². The number of halogens is 1. The summed E-state index contributed by atoms with van der Waals surface area (Å²) in [4.78, 5) is 24.9. The van der Waals surface area contributed by atoms with Crippen LogP contribution in [0.3, 0.4) is 0 Å². The van der Waals surface area contributed by atoms with Crippen molar-refractivity contribution in [3.8, 4) is 11.5 Å². The minimum absolute atomic E-state index is 0.00343. The first-order chi connectivity index (χ1) is 18.9. The van der Waals surface area contributed by atoms with E-state index in [1.165, 1.54) is 57.7 Å². The number of hydrogen-bond acceptors (Lipinski definition) is 7. The van der Waals surface area contributed by atoms with Gasteiger partial charge in [0.05, 0.1) is 42.0 Å². The zero-order chi connectivity index (χ0) is 29.6. The predicted molar refractivity (Wildman–Crippen MR) is 155 cm³/mol. The second kappa shape index (κ2) is 13.1. The number of aryl methyl sites for hydroxylation is 3. The molecule has 1 N–H and O–H groups in total. The van der Waals surface area contributed by atoms with Gasteiger partial charge in [-0.1, -0.05) is 35.4 Å². The fraction of sp³-hybridized carbons (Fsp3) is 0.310. The van der Waals surface area contributed by atoms with Gasteiger partial charge in [0.2, 0.25) is 5.91 Å². The average molecular weight is 589 g/mol. The molecule has 0 radical (unpaired) electrons. The van der Waals surface area contributed by atoms with E-state index in [2.05, 4.69) is 5.32 Å². The summed E-state index contributed by atoms with van der Waals surface area (Å²) in [6, 6.07) is 12.4. The van der Waals surface area contributed by atoms with E-state index in [1.54, 1.807) is 0 Å². The molecule has 0 bridgehead atoms. The molecule has 0 aliphatic heterocycles. The van der Waals surface area contributed by atoms with Gasteiger partial charge in [-0.15, -0.1) is 0 Å². The molecule has 0 heterocycles. The van der Waals surface area contributed by atoms with Crippen molar-refractivity contribution >= 4 is 44.9 Å². The van der Waals surface area contributed by atoms with Gasteiger partial charge >= 0.3 is 5.97 Å². The molecule has 0 aromatic heterocycles. The summed E-state index contributed by atoms with van der Waals surface area (Å²) in [5.74, 6) is -0.318. The minimum atomic E-state index is -4.10. The van der Waals surface area contributed by atoms with Crippen molar-refractivity contribution in [1.29, 1.82) is 0 Å². The lowest BCUT2D eigenvalue weighted by Gasteiger charge is -2.23. The van der Waals surface area contributed by atoms with Crippen LogP contribution in [0.2, 0.25) is 5.02 Å². The molecule has 0 unspecified atom stereocenters. The van der Waals surface area contributed by atoms with E-state index in [-0.39, 0.29) is 45.9 Å². The van der Waals surface area contributed by atoms with Gasteiger partial charge < -0.3 is 19.5 Å². The molecule has 3 aromatic carbocycles. The zero-order valence-corrected chi connectivity index (χ0v) is 24.9. The number of rotatable bonds is 11. The summed E-state index contributed by atoms with van der Waals surface area (Å²) in [5, 5.41) is 3.12. The van der Waals surface area contributed by atoms with Crippen molar-refractivity contribution in [3.05, 3.63) is 75.8 Å². The van der Waals surface area contributed by atoms with Gasteiger partial charge in [0, 0.05) is 25.2 Å². The number of methoxy groups -OCH3 is 2. The van der Waals surface area contributed by atoms with E-state index in [0.29, 0.717) is 12.2 Å². The largest absolute Gasteiger partial charge is 0.495 e. The molecule has 0 saturated heterocycles. The molecule has 1 amide bonds. The highest BCUT2D eigenvalue weighted by Crippen LogP contribution is 2.39. The van der Waals surface area contributed by atoms with Gasteiger partial charge in [-0.2, -0.15) is 0 Å². The number of nitrogens with one attached hydrogen (secondary N) is 1. The first-order valence-corrected chi connectivity index (χ1v) is 14.3. The van der Waals surface area contributed by atoms with Gasteiger partial charge in [0.1, 0.15) is 11.5 Å². The van der Waals surface area contributed by atoms with Crippen molar-refractivity contribution < 1.29 is 32.2 Å². The number of carbonyl (C=O) groups excluding carboxylic acids is 2. The standard InChI is InChI=1S/C29H33ClN2O7S/c1-18-13-19(2)28(20(3)14-18)31-27(33)11-8-12-39-29(34)21-9-7-10-22(15-21)40(35,36)32(4)24-16-23(30)25(37-5)17-26(24)38-6/h7,9-10,13-17H,8,11-12H2,1-6H3,(H,31,33). The summed E-state index contributed by atoms with van der Waals surface area (Å²) in [6.07, 6.45) is 0.464. The Morgan fingerprint density at radius 3 is 2.23 bits per heavy atom. The maximum atomic E-state index is 13.4. The number of ether oxygens (including phenoxy) is 3. The monoisotopic (exact) mass is 588 g/mol. The van der Waals surface area contributed by atoms with Crippen LogP contribution in [0.25, 0.3) is 0 Å². The van der Waals surface area contributed by atoms with Crippen molar-refractivity contribution in [2.24, 2.45) is 0 Å². The van der Waals surface area contributed by atoms with Gasteiger partial charge in [0.15, 0.2) is 0 Å². The topological polar surface area (TPSA) is 111 Å². The fourth-order valence-corrected chi connectivity index (χ4v) is 5.70. The zero-order valence-electron chi connectivity index (χ0n) is 23.3. The Balaban J connectivity index is 1.64. The normalized spacial score (nSPS) is 11.1. The number of anilines is 2. The number of amides is 1. The lowest BCUT2D eigenvalue weighted by molar-refractivity contribution is -0.116. The molecule has 0 aliphatic rings. The highest BCUT2D eigenvalue weighted by molar-refractivity contribution is 7.92. The van der Waals surface area contributed by atoms with E-state index >= 15 is 0 Å². The first-order valence-electron chi connectivity index (χ1n) is 12.4. The molecule has 0 aliphatic carbocycles. The third-order valence-electron chi connectivity index (χ3n) is 6.24. The highest BCUT2D eigenvalue weighted by atomic mass is 35.5. The Morgan fingerprint density at radius 2 is 1.60 bits per heavy atom. The van der Waals surface area contributed by atoms with Crippen LogP contribution in [0.15, 0.2) is 53.4 Å². The van der Waals surface area contributed by atoms with Crippen LogP contribution < -0.4 is 19.1 Å². The van der Waals surface area contributed by atoms with E-state index < -0.39 is 16.0 Å². The fourth-order valence-electron chi connectivity index (χ4n) is 4.22. The summed E-state index contributed by atoms with van der Waals surface area (Å²) in [5.41, 5.74) is 4.11. The molecule has 40 heavy (non-hydrogen) atoms. The van der Waals surface area contributed by atoms with Crippen LogP contribution in [0.1, 0.15) is 39.9 Å². The summed E-state index contributed by atoms with van der Waals surface area (Å²) in [6.45, 7) is 5.87. The molecule has 0 spiro atoms. The third kappa shape index (κ3) is 7.05. The summed E-state index contributed by atoms with van der Waals surface area (Å²) >= 11 is 6.22. The molecule has 3 rings (SSSR count). The molecular formula is C29H33ClN2O7S.